The molecule has 2 heterocycles. The highest BCUT2D eigenvalue weighted by Gasteiger charge is 2.11. The molecule has 0 atom stereocenters. The first-order chi connectivity index (χ1) is 7.46. The van der Waals surface area contributed by atoms with Crippen LogP contribution in [0, 0.1) is 0 Å². The van der Waals surface area contributed by atoms with Crippen molar-refractivity contribution in [1.82, 2.24) is 25.3 Å². The summed E-state index contributed by atoms with van der Waals surface area (Å²) in [5.74, 6) is 1.25. The first-order valence-corrected chi connectivity index (χ1v) is 5.16. The summed E-state index contributed by atoms with van der Waals surface area (Å²) >= 11 is 0. The third-order valence-corrected chi connectivity index (χ3v) is 2.15. The Morgan fingerprint density at radius 1 is 1.38 bits per heavy atom. The highest BCUT2D eigenvalue weighted by Crippen LogP contribution is 2.13. The van der Waals surface area contributed by atoms with Crippen molar-refractivity contribution in [3.63, 3.8) is 0 Å². The Morgan fingerprint density at radius 2 is 2.12 bits per heavy atom. The number of nitrogen functional groups attached to an aromatic ring is 1. The summed E-state index contributed by atoms with van der Waals surface area (Å²) in [6, 6.07) is 0. The molecule has 0 spiro atoms. The predicted octanol–water partition coefficient (Wildman–Crippen LogP) is 0.823. The lowest BCUT2D eigenvalue weighted by molar-refractivity contribution is 0.419. The molecule has 0 aliphatic carbocycles. The minimum absolute atomic E-state index is 0.0518. The highest BCUT2D eigenvalue weighted by atomic mass is 15.1. The van der Waals surface area contributed by atoms with Crippen LogP contribution >= 0.6 is 0 Å². The molecule has 6 nitrogen and oxygen atoms in total. The molecule has 0 aliphatic heterocycles. The van der Waals surface area contributed by atoms with Crippen molar-refractivity contribution in [3.05, 3.63) is 12.2 Å². The molecule has 0 aliphatic rings. The molecule has 0 saturated carbocycles. The zero-order valence-electron chi connectivity index (χ0n) is 9.70. The molecule has 2 rings (SSSR count). The van der Waals surface area contributed by atoms with Gasteiger partial charge >= 0.3 is 0 Å². The molecule has 0 amide bonds. The Labute approximate surface area is 93.7 Å². The Morgan fingerprint density at radius 3 is 2.75 bits per heavy atom. The number of nitrogens with one attached hydrogen (secondary N) is 2. The van der Waals surface area contributed by atoms with Crippen LogP contribution in [0.3, 0.4) is 0 Å². The molecule has 0 bridgehead atoms. The second-order valence-electron chi connectivity index (χ2n) is 4.74. The van der Waals surface area contributed by atoms with E-state index in [0.717, 1.165) is 5.82 Å². The third-order valence-electron chi connectivity index (χ3n) is 2.15. The topological polar surface area (TPSA) is 92.5 Å². The zero-order chi connectivity index (χ0) is 11.8. The normalized spacial score (nSPS) is 12.2. The van der Waals surface area contributed by atoms with E-state index in [2.05, 4.69) is 46.0 Å². The summed E-state index contributed by atoms with van der Waals surface area (Å²) < 4.78 is 0. The zero-order valence-corrected chi connectivity index (χ0v) is 9.70. The number of fused-ring (bicyclic) bond motifs is 1. The molecule has 4 N–H and O–H groups in total. The number of aromatic amines is 1. The van der Waals surface area contributed by atoms with Crippen molar-refractivity contribution in [1.29, 1.82) is 0 Å². The van der Waals surface area contributed by atoms with Gasteiger partial charge in [-0.25, -0.2) is 15.0 Å². The van der Waals surface area contributed by atoms with Crippen LogP contribution in [0.15, 0.2) is 6.33 Å². The molecule has 0 saturated heterocycles. The van der Waals surface area contributed by atoms with Gasteiger partial charge in [-0.1, -0.05) is 0 Å². The molecule has 2 aromatic heterocycles. The van der Waals surface area contributed by atoms with E-state index in [1.54, 1.807) is 0 Å². The molecule has 16 heavy (non-hydrogen) atoms. The molecule has 0 aromatic carbocycles. The molecular weight excluding hydrogens is 204 g/mol. The van der Waals surface area contributed by atoms with Crippen molar-refractivity contribution >= 4 is 17.0 Å². The standard InChI is InChI=1S/C10H16N6/c1-10(2,3)14-4-6-15-7-8(11)12-5-13-9(7)16-6/h5,14H,4H2,1-3H3,(H3,11,12,13,15,16). The van der Waals surface area contributed by atoms with Gasteiger partial charge in [-0.3, -0.25) is 0 Å². The van der Waals surface area contributed by atoms with Crippen molar-refractivity contribution < 1.29 is 0 Å². The maximum atomic E-state index is 5.71. The Bertz CT molecular complexity index is 495. The summed E-state index contributed by atoms with van der Waals surface area (Å²) in [4.78, 5) is 15.4. The summed E-state index contributed by atoms with van der Waals surface area (Å²) in [5.41, 5.74) is 7.07. The number of aromatic nitrogens is 4. The number of nitrogens with zero attached hydrogens (tertiary/aromatic N) is 3. The minimum atomic E-state index is 0.0518. The van der Waals surface area contributed by atoms with Crippen molar-refractivity contribution in [2.24, 2.45) is 0 Å². The van der Waals surface area contributed by atoms with Crippen LogP contribution in [0.4, 0.5) is 5.82 Å². The maximum Gasteiger partial charge on any atom is 0.183 e. The number of anilines is 1. The average Bonchev–Trinajstić information content (AvgIpc) is 2.58. The van der Waals surface area contributed by atoms with E-state index in [-0.39, 0.29) is 5.54 Å². The lowest BCUT2D eigenvalue weighted by Crippen LogP contribution is -2.35. The first kappa shape index (κ1) is 10.8. The van der Waals surface area contributed by atoms with Crippen LogP contribution < -0.4 is 11.1 Å². The Kier molecular flexibility index (Phi) is 2.51. The molecule has 6 heteroatoms. The smallest absolute Gasteiger partial charge is 0.183 e. The second kappa shape index (κ2) is 3.71. The van der Waals surface area contributed by atoms with Gasteiger partial charge in [0.2, 0.25) is 0 Å². The SMILES string of the molecule is CC(C)(C)NCc1nc2ncnc(N)c2[nH]1. The number of hydrogen-bond acceptors (Lipinski definition) is 5. The Hall–Kier alpha value is -1.69. The molecule has 0 unspecified atom stereocenters. The average molecular weight is 220 g/mol. The summed E-state index contributed by atoms with van der Waals surface area (Å²) in [6.07, 6.45) is 1.42. The van der Waals surface area contributed by atoms with Crippen LogP contribution in [0.2, 0.25) is 0 Å². The third kappa shape index (κ3) is 2.27. The van der Waals surface area contributed by atoms with E-state index < -0.39 is 0 Å². The van der Waals surface area contributed by atoms with E-state index in [9.17, 15) is 0 Å². The lowest BCUT2D eigenvalue weighted by atomic mass is 10.1. The number of imidazole rings is 1. The van der Waals surface area contributed by atoms with Crippen LogP contribution in [-0.4, -0.2) is 25.5 Å². The predicted molar refractivity (Wildman–Crippen MR) is 62.7 cm³/mol. The van der Waals surface area contributed by atoms with E-state index in [1.165, 1.54) is 6.33 Å². The van der Waals surface area contributed by atoms with Gasteiger partial charge in [0.05, 0.1) is 6.54 Å². The van der Waals surface area contributed by atoms with Gasteiger partial charge in [0.15, 0.2) is 11.5 Å². The van der Waals surface area contributed by atoms with Crippen molar-refractivity contribution in [2.45, 2.75) is 32.9 Å². The minimum Gasteiger partial charge on any atom is -0.382 e. The number of H-pyrrole nitrogens is 1. The van der Waals surface area contributed by atoms with Crippen LogP contribution in [0.1, 0.15) is 26.6 Å². The van der Waals surface area contributed by atoms with Crippen molar-refractivity contribution in [3.8, 4) is 0 Å². The maximum absolute atomic E-state index is 5.71. The van der Waals surface area contributed by atoms with Gasteiger partial charge in [0.1, 0.15) is 17.7 Å². The summed E-state index contributed by atoms with van der Waals surface area (Å²) in [7, 11) is 0. The monoisotopic (exact) mass is 220 g/mol. The molecule has 0 fully saturated rings. The van der Waals surface area contributed by atoms with Gasteiger partial charge in [0, 0.05) is 5.54 Å². The van der Waals surface area contributed by atoms with Gasteiger partial charge < -0.3 is 16.0 Å². The van der Waals surface area contributed by atoms with Crippen LogP contribution in [0.25, 0.3) is 11.2 Å². The molecule has 2 aromatic rings. The lowest BCUT2D eigenvalue weighted by Gasteiger charge is -2.19. The van der Waals surface area contributed by atoms with Gasteiger partial charge in [-0.05, 0) is 20.8 Å². The largest absolute Gasteiger partial charge is 0.382 e. The molecule has 0 radical (unpaired) electrons. The first-order valence-electron chi connectivity index (χ1n) is 5.16. The fraction of sp³-hybridized carbons (Fsp3) is 0.500. The van der Waals surface area contributed by atoms with E-state index >= 15 is 0 Å². The Balaban J connectivity index is 2.24. The number of hydrogen-bond donors (Lipinski definition) is 3. The van der Waals surface area contributed by atoms with Crippen molar-refractivity contribution in [2.75, 3.05) is 5.73 Å². The fourth-order valence-corrected chi connectivity index (χ4v) is 1.33. The summed E-state index contributed by atoms with van der Waals surface area (Å²) in [6.45, 7) is 6.96. The summed E-state index contributed by atoms with van der Waals surface area (Å²) in [5, 5.41) is 3.34. The van der Waals surface area contributed by atoms with Crippen LogP contribution in [0.5, 0.6) is 0 Å². The van der Waals surface area contributed by atoms with E-state index in [1.807, 2.05) is 0 Å². The molecular formula is C10H16N6. The van der Waals surface area contributed by atoms with Gasteiger partial charge in [-0.15, -0.1) is 0 Å². The molecule has 86 valence electrons. The van der Waals surface area contributed by atoms with E-state index in [0.29, 0.717) is 23.5 Å². The number of rotatable bonds is 2. The van der Waals surface area contributed by atoms with Crippen LogP contribution in [-0.2, 0) is 6.54 Å². The fourth-order valence-electron chi connectivity index (χ4n) is 1.33. The van der Waals surface area contributed by atoms with E-state index in [4.69, 9.17) is 5.73 Å². The van der Waals surface area contributed by atoms with Gasteiger partial charge in [-0.2, -0.15) is 0 Å². The second-order valence-corrected chi connectivity index (χ2v) is 4.74. The quantitative estimate of drug-likeness (QED) is 0.697. The highest BCUT2D eigenvalue weighted by molar-refractivity contribution is 5.80. The van der Waals surface area contributed by atoms with Gasteiger partial charge in [0.25, 0.3) is 0 Å². The number of nitrogens with two attached hydrogens (primary N) is 1.